The third-order valence-electron chi connectivity index (χ3n) is 2.72. The molecule has 3 heteroatoms. The van der Waals surface area contributed by atoms with Gasteiger partial charge in [-0.3, -0.25) is 0 Å². The molecule has 1 saturated carbocycles. The van der Waals surface area contributed by atoms with Gasteiger partial charge < -0.3 is 0 Å². The Kier molecular flexibility index (Phi) is 1.71. The molecule has 14 heavy (non-hydrogen) atoms. The average Bonchev–Trinajstić information content (AvgIpc) is 2.87. The highest BCUT2D eigenvalue weighted by molar-refractivity contribution is 9.10. The second kappa shape index (κ2) is 2.83. The molecule has 0 radical (unpaired) electrons. The highest BCUT2D eigenvalue weighted by Crippen LogP contribution is 2.39. The molecular formula is C11H11BrN2. The van der Waals surface area contributed by atoms with Crippen LogP contribution in [0.5, 0.6) is 0 Å². The first-order valence-corrected chi connectivity index (χ1v) is 5.69. The van der Waals surface area contributed by atoms with Crippen LogP contribution in [-0.2, 0) is 0 Å². The third-order valence-corrected chi connectivity index (χ3v) is 3.18. The van der Waals surface area contributed by atoms with Crippen LogP contribution >= 0.6 is 15.9 Å². The van der Waals surface area contributed by atoms with Crippen molar-refractivity contribution in [2.24, 2.45) is 0 Å². The predicted octanol–water partition coefficient (Wildman–Crippen LogP) is 3.28. The van der Waals surface area contributed by atoms with Crippen molar-refractivity contribution in [3.05, 3.63) is 34.1 Å². The van der Waals surface area contributed by atoms with Crippen LogP contribution in [0, 0.1) is 6.92 Å². The fraction of sp³-hybridized carbons (Fsp3) is 0.364. The maximum Gasteiger partial charge on any atom is 0.0678 e. The molecule has 0 saturated heterocycles. The number of fused-ring (bicyclic) bond motifs is 1. The van der Waals surface area contributed by atoms with Crippen LogP contribution < -0.4 is 0 Å². The lowest BCUT2D eigenvalue weighted by molar-refractivity contribution is 0.862. The Hall–Kier alpha value is -0.830. The summed E-state index contributed by atoms with van der Waals surface area (Å²) in [6.07, 6.45) is 2.62. The molecule has 1 aliphatic carbocycles. The summed E-state index contributed by atoms with van der Waals surface area (Å²) >= 11 is 3.50. The van der Waals surface area contributed by atoms with E-state index in [1.165, 1.54) is 29.7 Å². The summed E-state index contributed by atoms with van der Waals surface area (Å²) in [6.45, 7) is 2.08. The van der Waals surface area contributed by atoms with Crippen molar-refractivity contribution in [1.29, 1.82) is 0 Å². The summed E-state index contributed by atoms with van der Waals surface area (Å²) in [5, 5.41) is 4.61. The first-order chi connectivity index (χ1) is 6.74. The quantitative estimate of drug-likeness (QED) is 0.760. The molecule has 3 rings (SSSR count). The van der Waals surface area contributed by atoms with Gasteiger partial charge in [-0.2, -0.15) is 5.10 Å². The Morgan fingerprint density at radius 1 is 1.36 bits per heavy atom. The van der Waals surface area contributed by atoms with Gasteiger partial charge in [-0.1, -0.05) is 15.9 Å². The van der Waals surface area contributed by atoms with E-state index in [0.717, 1.165) is 10.4 Å². The molecule has 72 valence electrons. The van der Waals surface area contributed by atoms with Crippen LogP contribution in [0.2, 0.25) is 0 Å². The van der Waals surface area contributed by atoms with Crippen molar-refractivity contribution >= 4 is 21.4 Å². The van der Waals surface area contributed by atoms with Gasteiger partial charge in [0.1, 0.15) is 0 Å². The van der Waals surface area contributed by atoms with E-state index in [1.54, 1.807) is 0 Å². The van der Waals surface area contributed by atoms with Gasteiger partial charge in [0.05, 0.1) is 11.2 Å². The van der Waals surface area contributed by atoms with Crippen molar-refractivity contribution in [2.75, 3.05) is 0 Å². The minimum absolute atomic E-state index is 0.730. The van der Waals surface area contributed by atoms with E-state index in [-0.39, 0.29) is 0 Å². The molecule has 2 aromatic heterocycles. The van der Waals surface area contributed by atoms with E-state index in [1.807, 2.05) is 4.52 Å². The van der Waals surface area contributed by atoms with Crippen molar-refractivity contribution in [2.45, 2.75) is 25.7 Å². The topological polar surface area (TPSA) is 17.3 Å². The van der Waals surface area contributed by atoms with Crippen LogP contribution in [0.3, 0.4) is 0 Å². The van der Waals surface area contributed by atoms with Gasteiger partial charge in [0.2, 0.25) is 0 Å². The molecule has 0 N–H and O–H groups in total. The molecule has 2 aromatic rings. The Morgan fingerprint density at radius 2 is 2.14 bits per heavy atom. The smallest absolute Gasteiger partial charge is 0.0678 e. The number of rotatable bonds is 1. The second-order valence-electron chi connectivity index (χ2n) is 4.00. The molecular weight excluding hydrogens is 240 g/mol. The minimum Gasteiger partial charge on any atom is -0.238 e. The lowest BCUT2D eigenvalue weighted by Gasteiger charge is -1.98. The van der Waals surface area contributed by atoms with Crippen molar-refractivity contribution in [3.63, 3.8) is 0 Å². The summed E-state index contributed by atoms with van der Waals surface area (Å²) in [4.78, 5) is 0. The van der Waals surface area contributed by atoms with E-state index in [4.69, 9.17) is 0 Å². The molecule has 0 spiro atoms. The van der Waals surface area contributed by atoms with Crippen molar-refractivity contribution < 1.29 is 0 Å². The molecule has 0 amide bonds. The molecule has 2 nitrogen and oxygen atoms in total. The Bertz CT molecular complexity index is 497. The van der Waals surface area contributed by atoms with Crippen LogP contribution in [0.25, 0.3) is 5.52 Å². The summed E-state index contributed by atoms with van der Waals surface area (Å²) in [5.74, 6) is 0.730. The van der Waals surface area contributed by atoms with Gasteiger partial charge in [0.15, 0.2) is 0 Å². The van der Waals surface area contributed by atoms with E-state index >= 15 is 0 Å². The Morgan fingerprint density at radius 3 is 2.86 bits per heavy atom. The van der Waals surface area contributed by atoms with Gasteiger partial charge in [-0.05, 0) is 38.0 Å². The van der Waals surface area contributed by atoms with Gasteiger partial charge in [-0.25, -0.2) is 4.52 Å². The molecule has 0 unspecified atom stereocenters. The van der Waals surface area contributed by atoms with E-state index < -0.39 is 0 Å². The number of halogens is 1. The van der Waals surface area contributed by atoms with Gasteiger partial charge in [0.25, 0.3) is 0 Å². The van der Waals surface area contributed by atoms with Crippen LogP contribution in [0.1, 0.15) is 30.1 Å². The Labute approximate surface area is 91.1 Å². The summed E-state index contributed by atoms with van der Waals surface area (Å²) in [5.41, 5.74) is 3.63. The fourth-order valence-electron chi connectivity index (χ4n) is 1.82. The third kappa shape index (κ3) is 1.27. The standard InChI is InChI=1S/C11H11BrN2/c1-7-4-9(12)5-10-6-11(8-2-3-8)13-14(7)10/h4-6,8H,2-3H2,1H3. The van der Waals surface area contributed by atoms with E-state index in [9.17, 15) is 0 Å². The highest BCUT2D eigenvalue weighted by Gasteiger charge is 2.26. The number of nitrogens with zero attached hydrogens (tertiary/aromatic N) is 2. The number of pyridine rings is 1. The number of hydrogen-bond acceptors (Lipinski definition) is 1. The number of aryl methyl sites for hydroxylation is 1. The first-order valence-electron chi connectivity index (χ1n) is 4.90. The molecule has 0 aromatic carbocycles. The van der Waals surface area contributed by atoms with Gasteiger partial charge in [0, 0.05) is 16.1 Å². The Balaban J connectivity index is 2.26. The average molecular weight is 251 g/mol. The lowest BCUT2D eigenvalue weighted by Crippen LogP contribution is -1.93. The minimum atomic E-state index is 0.730. The molecule has 1 fully saturated rings. The monoisotopic (exact) mass is 250 g/mol. The van der Waals surface area contributed by atoms with Crippen LogP contribution in [-0.4, -0.2) is 9.61 Å². The lowest BCUT2D eigenvalue weighted by atomic mass is 10.3. The summed E-state index contributed by atoms with van der Waals surface area (Å²) in [6, 6.07) is 6.41. The normalized spacial score (nSPS) is 16.4. The summed E-state index contributed by atoms with van der Waals surface area (Å²) in [7, 11) is 0. The molecule has 0 bridgehead atoms. The molecule has 2 heterocycles. The predicted molar refractivity (Wildman–Crippen MR) is 59.6 cm³/mol. The second-order valence-corrected chi connectivity index (χ2v) is 4.91. The zero-order chi connectivity index (χ0) is 9.71. The van der Waals surface area contributed by atoms with Crippen LogP contribution in [0.15, 0.2) is 22.7 Å². The molecule has 0 aliphatic heterocycles. The molecule has 1 aliphatic rings. The van der Waals surface area contributed by atoms with Gasteiger partial charge >= 0.3 is 0 Å². The fourth-order valence-corrected chi connectivity index (χ4v) is 2.39. The highest BCUT2D eigenvalue weighted by atomic mass is 79.9. The number of aromatic nitrogens is 2. The van der Waals surface area contributed by atoms with Gasteiger partial charge in [-0.15, -0.1) is 0 Å². The van der Waals surface area contributed by atoms with Crippen molar-refractivity contribution in [3.8, 4) is 0 Å². The van der Waals surface area contributed by atoms with E-state index in [0.29, 0.717) is 0 Å². The molecule has 0 atom stereocenters. The maximum absolute atomic E-state index is 4.61. The van der Waals surface area contributed by atoms with E-state index in [2.05, 4.69) is 46.2 Å². The maximum atomic E-state index is 4.61. The summed E-state index contributed by atoms with van der Waals surface area (Å²) < 4.78 is 3.16. The SMILES string of the molecule is Cc1cc(Br)cc2cc(C3CC3)nn12. The number of hydrogen-bond donors (Lipinski definition) is 0. The zero-order valence-electron chi connectivity index (χ0n) is 8.00. The van der Waals surface area contributed by atoms with Crippen LogP contribution in [0.4, 0.5) is 0 Å². The zero-order valence-corrected chi connectivity index (χ0v) is 9.58. The first kappa shape index (κ1) is 8.48. The van der Waals surface area contributed by atoms with Crippen molar-refractivity contribution in [1.82, 2.24) is 9.61 Å². The largest absolute Gasteiger partial charge is 0.238 e.